The number of benzene rings is 3. The quantitative estimate of drug-likeness (QED) is 0.345. The number of carbonyl (C=O) groups excluding carboxylic acids is 2. The lowest BCUT2D eigenvalue weighted by Gasteiger charge is -2.12. The van der Waals surface area contributed by atoms with E-state index >= 15 is 0 Å². The summed E-state index contributed by atoms with van der Waals surface area (Å²) < 4.78 is 2.07. The van der Waals surface area contributed by atoms with Crippen LogP contribution in [0.4, 0.5) is 0 Å². The number of hydrogen-bond acceptors (Lipinski definition) is 4. The highest BCUT2D eigenvalue weighted by atomic mass is 16.2. The number of fused-ring (bicyclic) bond motifs is 4. The van der Waals surface area contributed by atoms with Crippen LogP contribution in [0.2, 0.25) is 0 Å². The molecule has 0 saturated carbocycles. The van der Waals surface area contributed by atoms with Gasteiger partial charge in [0.2, 0.25) is 0 Å². The molecule has 0 spiro atoms. The van der Waals surface area contributed by atoms with Crippen LogP contribution in [0, 0.1) is 0 Å². The normalized spacial score (nSPS) is 12.8. The van der Waals surface area contributed by atoms with E-state index in [1.807, 2.05) is 56.3 Å². The Kier molecular flexibility index (Phi) is 4.98. The van der Waals surface area contributed by atoms with Gasteiger partial charge < -0.3 is 4.57 Å². The van der Waals surface area contributed by atoms with Gasteiger partial charge in [0.05, 0.1) is 27.8 Å². The summed E-state index contributed by atoms with van der Waals surface area (Å²) >= 11 is 0. The number of nitrogens with zero attached hydrogens (tertiary/aromatic N) is 4. The molecule has 0 aliphatic carbocycles. The predicted octanol–water partition coefficient (Wildman–Crippen LogP) is 5.49. The highest BCUT2D eigenvalue weighted by Crippen LogP contribution is 2.37. The zero-order valence-corrected chi connectivity index (χ0v) is 18.6. The van der Waals surface area contributed by atoms with Gasteiger partial charge in [0.1, 0.15) is 6.33 Å². The fourth-order valence-electron chi connectivity index (χ4n) is 4.43. The Bertz CT molecular complexity index is 1540. The molecule has 1 aliphatic heterocycles. The van der Waals surface area contributed by atoms with E-state index in [0.29, 0.717) is 16.8 Å². The molecule has 0 saturated heterocycles. The number of rotatable bonds is 2. The molecule has 3 heterocycles. The van der Waals surface area contributed by atoms with Crippen molar-refractivity contribution < 1.29 is 9.59 Å². The molecule has 6 heteroatoms. The molecule has 2 aromatic heterocycles. The van der Waals surface area contributed by atoms with Crippen LogP contribution in [0.5, 0.6) is 0 Å². The summed E-state index contributed by atoms with van der Waals surface area (Å²) in [6.07, 6.45) is 5.09. The highest BCUT2D eigenvalue weighted by Gasteiger charge is 2.35. The molecule has 33 heavy (non-hydrogen) atoms. The SMILES string of the molecule is CC.CN1C(=O)c2cccc(-n3c4ccccc4c4cc(-c5cncnc5)ccc43)c2C1=O. The molecule has 0 radical (unpaired) electrons. The summed E-state index contributed by atoms with van der Waals surface area (Å²) in [6.45, 7) is 4.00. The number of hydrogen-bond donors (Lipinski definition) is 0. The molecule has 0 atom stereocenters. The van der Waals surface area contributed by atoms with E-state index in [2.05, 4.69) is 26.7 Å². The first-order valence-electron chi connectivity index (χ1n) is 10.9. The summed E-state index contributed by atoms with van der Waals surface area (Å²) in [7, 11) is 1.52. The lowest BCUT2D eigenvalue weighted by atomic mass is 10.1. The number of imide groups is 1. The molecule has 162 valence electrons. The average Bonchev–Trinajstić information content (AvgIpc) is 3.33. The van der Waals surface area contributed by atoms with Crippen molar-refractivity contribution in [2.75, 3.05) is 7.05 Å². The van der Waals surface area contributed by atoms with Crippen molar-refractivity contribution in [1.29, 1.82) is 0 Å². The fraction of sp³-hybridized carbons (Fsp3) is 0.111. The van der Waals surface area contributed by atoms with Crippen molar-refractivity contribution >= 4 is 33.6 Å². The van der Waals surface area contributed by atoms with Crippen LogP contribution in [0.15, 0.2) is 79.4 Å². The Morgan fingerprint density at radius 2 is 1.45 bits per heavy atom. The first-order valence-corrected chi connectivity index (χ1v) is 10.9. The monoisotopic (exact) mass is 434 g/mol. The Balaban J connectivity index is 0.00000111. The van der Waals surface area contributed by atoms with Gasteiger partial charge in [-0.2, -0.15) is 0 Å². The molecular formula is C27H22N4O2. The van der Waals surface area contributed by atoms with Crippen LogP contribution in [-0.4, -0.2) is 38.3 Å². The third-order valence-corrected chi connectivity index (χ3v) is 5.90. The van der Waals surface area contributed by atoms with Gasteiger partial charge in [-0.15, -0.1) is 0 Å². The van der Waals surface area contributed by atoms with Gasteiger partial charge in [-0.1, -0.05) is 44.2 Å². The smallest absolute Gasteiger partial charge is 0.263 e. The third kappa shape index (κ3) is 3.03. The summed E-state index contributed by atoms with van der Waals surface area (Å²) in [6, 6.07) is 19.7. The van der Waals surface area contributed by atoms with Crippen LogP contribution in [-0.2, 0) is 0 Å². The zero-order valence-electron chi connectivity index (χ0n) is 18.6. The van der Waals surface area contributed by atoms with Gasteiger partial charge >= 0.3 is 0 Å². The fourth-order valence-corrected chi connectivity index (χ4v) is 4.43. The Labute approximate surface area is 191 Å². The maximum absolute atomic E-state index is 12.9. The van der Waals surface area contributed by atoms with E-state index < -0.39 is 0 Å². The second-order valence-electron chi connectivity index (χ2n) is 7.58. The Morgan fingerprint density at radius 3 is 2.24 bits per heavy atom. The van der Waals surface area contributed by atoms with Crippen LogP contribution in [0.3, 0.4) is 0 Å². The maximum Gasteiger partial charge on any atom is 0.263 e. The minimum absolute atomic E-state index is 0.269. The Hall–Kier alpha value is -4.32. The molecule has 6 nitrogen and oxygen atoms in total. The standard InChI is InChI=1S/C25H16N4O2.C2H6/c1-28-24(30)18-6-4-8-22(23(18)25(28)31)29-20-7-3-2-5-17(20)19-11-15(9-10-21(19)29)16-12-26-14-27-13-16;1-2/h2-14H,1H3;1-2H3. The number of carbonyl (C=O) groups is 2. The summed E-state index contributed by atoms with van der Waals surface area (Å²) in [5, 5.41) is 2.12. The van der Waals surface area contributed by atoms with Gasteiger partial charge in [0.15, 0.2) is 0 Å². The molecule has 5 aromatic rings. The van der Waals surface area contributed by atoms with Gasteiger partial charge in [0, 0.05) is 35.8 Å². The van der Waals surface area contributed by atoms with E-state index in [1.165, 1.54) is 18.3 Å². The number of amides is 2. The van der Waals surface area contributed by atoms with Crippen LogP contribution in [0.1, 0.15) is 34.6 Å². The first-order chi connectivity index (χ1) is 16.1. The number of para-hydroxylation sites is 1. The molecule has 3 aromatic carbocycles. The minimum atomic E-state index is -0.278. The van der Waals surface area contributed by atoms with Crippen LogP contribution in [0.25, 0.3) is 38.6 Å². The second kappa shape index (κ2) is 7.98. The topological polar surface area (TPSA) is 68.1 Å². The molecule has 2 amide bonds. The van der Waals surface area contributed by atoms with Crippen LogP contribution < -0.4 is 0 Å². The summed E-state index contributed by atoms with van der Waals surface area (Å²) in [5.41, 5.74) is 5.48. The van der Waals surface area contributed by atoms with Gasteiger partial charge in [-0.3, -0.25) is 14.5 Å². The van der Waals surface area contributed by atoms with Crippen molar-refractivity contribution in [2.24, 2.45) is 0 Å². The van der Waals surface area contributed by atoms with E-state index in [-0.39, 0.29) is 11.8 Å². The minimum Gasteiger partial charge on any atom is -0.308 e. The van der Waals surface area contributed by atoms with Gasteiger partial charge in [0.25, 0.3) is 11.8 Å². The van der Waals surface area contributed by atoms with E-state index in [9.17, 15) is 9.59 Å². The molecular weight excluding hydrogens is 412 g/mol. The summed E-state index contributed by atoms with van der Waals surface area (Å²) in [5.74, 6) is -0.548. The van der Waals surface area contributed by atoms with Crippen molar-refractivity contribution in [2.45, 2.75) is 13.8 Å². The summed E-state index contributed by atoms with van der Waals surface area (Å²) in [4.78, 5) is 34.9. The average molecular weight is 434 g/mol. The molecule has 0 N–H and O–H groups in total. The molecule has 0 fully saturated rings. The highest BCUT2D eigenvalue weighted by molar-refractivity contribution is 6.23. The molecule has 1 aliphatic rings. The van der Waals surface area contributed by atoms with E-state index in [1.54, 1.807) is 18.5 Å². The largest absolute Gasteiger partial charge is 0.308 e. The van der Waals surface area contributed by atoms with E-state index in [0.717, 1.165) is 32.9 Å². The second-order valence-corrected chi connectivity index (χ2v) is 7.58. The number of aromatic nitrogens is 3. The van der Waals surface area contributed by atoms with Gasteiger partial charge in [-0.25, -0.2) is 9.97 Å². The van der Waals surface area contributed by atoms with Crippen molar-refractivity contribution in [1.82, 2.24) is 19.4 Å². The third-order valence-electron chi connectivity index (χ3n) is 5.90. The molecule has 6 rings (SSSR count). The van der Waals surface area contributed by atoms with E-state index in [4.69, 9.17) is 0 Å². The van der Waals surface area contributed by atoms with Crippen molar-refractivity contribution in [3.8, 4) is 16.8 Å². The van der Waals surface area contributed by atoms with Crippen molar-refractivity contribution in [3.63, 3.8) is 0 Å². The zero-order chi connectivity index (χ0) is 23.1. The first kappa shape index (κ1) is 20.6. The molecule has 0 unspecified atom stereocenters. The van der Waals surface area contributed by atoms with Crippen LogP contribution >= 0.6 is 0 Å². The van der Waals surface area contributed by atoms with Gasteiger partial charge in [-0.05, 0) is 35.9 Å². The predicted molar refractivity (Wildman–Crippen MR) is 130 cm³/mol. The lowest BCUT2D eigenvalue weighted by Crippen LogP contribution is -2.24. The maximum atomic E-state index is 12.9. The Morgan fingerprint density at radius 1 is 0.727 bits per heavy atom. The lowest BCUT2D eigenvalue weighted by molar-refractivity contribution is 0.0693. The molecule has 0 bridgehead atoms. The van der Waals surface area contributed by atoms with Crippen molar-refractivity contribution in [3.05, 3.63) is 90.5 Å².